The summed E-state index contributed by atoms with van der Waals surface area (Å²) in [7, 11) is 0. The van der Waals surface area contributed by atoms with E-state index in [0.717, 1.165) is 28.5 Å². The van der Waals surface area contributed by atoms with Crippen molar-refractivity contribution in [2.75, 3.05) is 16.5 Å². The second-order valence-corrected chi connectivity index (χ2v) is 13.0. The van der Waals surface area contributed by atoms with E-state index in [0.29, 0.717) is 12.5 Å². The Labute approximate surface area is 275 Å². The number of aromatic nitrogens is 2. The van der Waals surface area contributed by atoms with Crippen molar-refractivity contribution in [3.05, 3.63) is 157 Å². The first-order valence-electron chi connectivity index (χ1n) is 16.1. The van der Waals surface area contributed by atoms with Crippen molar-refractivity contribution in [1.82, 2.24) is 9.55 Å². The Balaban J connectivity index is 1.13. The highest BCUT2D eigenvalue weighted by molar-refractivity contribution is 5.92. The van der Waals surface area contributed by atoms with Crippen LogP contribution in [0.25, 0.3) is 27.8 Å². The summed E-state index contributed by atoms with van der Waals surface area (Å²) in [5.74, 6) is 2.10. The molecule has 47 heavy (non-hydrogen) atoms. The first-order chi connectivity index (χ1) is 22.9. The molecule has 0 spiro atoms. The molecule has 0 amide bonds. The van der Waals surface area contributed by atoms with Crippen molar-refractivity contribution < 1.29 is 4.74 Å². The second kappa shape index (κ2) is 11.5. The summed E-state index contributed by atoms with van der Waals surface area (Å²) >= 11 is 0. The molecule has 1 aliphatic rings. The molecule has 230 valence electrons. The molecule has 0 bridgehead atoms. The summed E-state index contributed by atoms with van der Waals surface area (Å²) in [5, 5.41) is 1.18. The summed E-state index contributed by atoms with van der Waals surface area (Å²) in [5.41, 5.74) is 9.45. The van der Waals surface area contributed by atoms with E-state index in [-0.39, 0.29) is 5.41 Å². The zero-order valence-corrected chi connectivity index (χ0v) is 26.8. The molecule has 0 N–H and O–H groups in total. The number of hydrogen-bond acceptors (Lipinski definition) is 4. The van der Waals surface area contributed by atoms with Crippen LogP contribution < -0.4 is 14.5 Å². The first kappa shape index (κ1) is 28.6. The fourth-order valence-corrected chi connectivity index (χ4v) is 6.44. The summed E-state index contributed by atoms with van der Waals surface area (Å²) in [6.45, 7) is 7.49. The maximum Gasteiger partial charge on any atom is 0.221 e. The smallest absolute Gasteiger partial charge is 0.221 e. The molecule has 7 aromatic rings. The third kappa shape index (κ3) is 5.40. The summed E-state index contributed by atoms with van der Waals surface area (Å²) in [4.78, 5) is 9.66. The molecule has 0 atom stereocenters. The molecule has 0 unspecified atom stereocenters. The van der Waals surface area contributed by atoms with E-state index in [4.69, 9.17) is 9.72 Å². The molecule has 0 saturated carbocycles. The van der Waals surface area contributed by atoms with E-state index in [1.165, 1.54) is 33.5 Å². The molecule has 5 nitrogen and oxygen atoms in total. The third-order valence-corrected chi connectivity index (χ3v) is 8.89. The van der Waals surface area contributed by atoms with Gasteiger partial charge in [-0.25, -0.2) is 0 Å². The van der Waals surface area contributed by atoms with Gasteiger partial charge < -0.3 is 19.1 Å². The minimum absolute atomic E-state index is 0.0222. The standard InChI is InChI=1S/C42H36N4O/c1-42(2,3)32-23-24-35(30-13-5-4-6-14-30)39(27-32)46-29-45(37-19-9-10-20-38(37)46)33-16-11-17-34(28-33)47-41-22-12-21-40(43-41)44-26-25-31-15-7-8-18-36(31)44/h4-28H,29H2,1-3H3. The van der Waals surface area contributed by atoms with Crippen LogP contribution in [0.1, 0.15) is 26.3 Å². The number of benzene rings is 5. The van der Waals surface area contributed by atoms with Gasteiger partial charge in [0.25, 0.3) is 0 Å². The van der Waals surface area contributed by atoms with E-state index in [9.17, 15) is 0 Å². The molecule has 3 heterocycles. The molecule has 0 aliphatic carbocycles. The zero-order valence-electron chi connectivity index (χ0n) is 26.8. The van der Waals surface area contributed by atoms with Crippen LogP contribution >= 0.6 is 0 Å². The van der Waals surface area contributed by atoms with Crippen LogP contribution in [0.15, 0.2) is 152 Å². The number of nitrogens with zero attached hydrogens (tertiary/aromatic N) is 4. The van der Waals surface area contributed by atoms with Crippen molar-refractivity contribution in [2.24, 2.45) is 0 Å². The Bertz CT molecular complexity index is 2210. The van der Waals surface area contributed by atoms with Crippen LogP contribution in [0.2, 0.25) is 0 Å². The molecule has 0 fully saturated rings. The maximum atomic E-state index is 6.39. The molecule has 0 saturated heterocycles. The molecular weight excluding hydrogens is 576 g/mol. The van der Waals surface area contributed by atoms with Crippen LogP contribution in [0, 0.1) is 0 Å². The first-order valence-corrected chi connectivity index (χ1v) is 16.1. The maximum absolute atomic E-state index is 6.39. The van der Waals surface area contributed by atoms with Gasteiger partial charge in [0.1, 0.15) is 18.2 Å². The molecule has 5 heteroatoms. The lowest BCUT2D eigenvalue weighted by atomic mass is 9.85. The highest BCUT2D eigenvalue weighted by Crippen LogP contribution is 2.48. The average Bonchev–Trinajstić information content (AvgIpc) is 3.71. The van der Waals surface area contributed by atoms with Gasteiger partial charge in [-0.2, -0.15) is 4.98 Å². The largest absolute Gasteiger partial charge is 0.439 e. The Morgan fingerprint density at radius 3 is 2.19 bits per heavy atom. The lowest BCUT2D eigenvalue weighted by Crippen LogP contribution is -2.25. The Hall–Kier alpha value is -5.81. The van der Waals surface area contributed by atoms with Gasteiger partial charge >= 0.3 is 0 Å². The summed E-state index contributed by atoms with van der Waals surface area (Å²) < 4.78 is 8.48. The predicted molar refractivity (Wildman–Crippen MR) is 194 cm³/mol. The van der Waals surface area contributed by atoms with Crippen LogP contribution in [0.3, 0.4) is 0 Å². The fraction of sp³-hybridized carbons (Fsp3) is 0.119. The van der Waals surface area contributed by atoms with Gasteiger partial charge in [-0.3, -0.25) is 0 Å². The predicted octanol–water partition coefficient (Wildman–Crippen LogP) is 11.0. The highest BCUT2D eigenvalue weighted by Gasteiger charge is 2.30. The van der Waals surface area contributed by atoms with Crippen LogP contribution in [-0.2, 0) is 5.41 Å². The lowest BCUT2D eigenvalue weighted by molar-refractivity contribution is 0.462. The zero-order chi connectivity index (χ0) is 32.0. The number of anilines is 4. The number of para-hydroxylation sites is 3. The van der Waals surface area contributed by atoms with E-state index in [2.05, 4.69) is 150 Å². The number of ether oxygens (including phenoxy) is 1. The van der Waals surface area contributed by atoms with Gasteiger partial charge in [0, 0.05) is 29.6 Å². The molecule has 2 aromatic heterocycles. The van der Waals surface area contributed by atoms with Crippen molar-refractivity contribution in [2.45, 2.75) is 26.2 Å². The molecular formula is C42H36N4O. The van der Waals surface area contributed by atoms with Crippen LogP contribution in [0.4, 0.5) is 22.7 Å². The van der Waals surface area contributed by atoms with Crippen molar-refractivity contribution in [1.29, 1.82) is 0 Å². The van der Waals surface area contributed by atoms with Gasteiger partial charge in [0.15, 0.2) is 0 Å². The fourth-order valence-electron chi connectivity index (χ4n) is 6.44. The molecule has 8 rings (SSSR count). The second-order valence-electron chi connectivity index (χ2n) is 13.0. The van der Waals surface area contributed by atoms with Crippen molar-refractivity contribution >= 4 is 33.7 Å². The third-order valence-electron chi connectivity index (χ3n) is 8.89. The van der Waals surface area contributed by atoms with E-state index in [1.807, 2.05) is 36.5 Å². The highest BCUT2D eigenvalue weighted by atomic mass is 16.5. The normalized spacial score (nSPS) is 12.8. The molecule has 1 aliphatic heterocycles. The van der Waals surface area contributed by atoms with Gasteiger partial charge in [0.2, 0.25) is 5.88 Å². The van der Waals surface area contributed by atoms with Crippen LogP contribution in [-0.4, -0.2) is 16.2 Å². The van der Waals surface area contributed by atoms with Gasteiger partial charge in [-0.1, -0.05) is 106 Å². The van der Waals surface area contributed by atoms with Gasteiger partial charge in [-0.05, 0) is 70.5 Å². The Kier molecular flexibility index (Phi) is 7.02. The van der Waals surface area contributed by atoms with Crippen molar-refractivity contribution in [3.8, 4) is 28.6 Å². The van der Waals surface area contributed by atoms with E-state index in [1.54, 1.807) is 0 Å². The number of pyridine rings is 1. The van der Waals surface area contributed by atoms with Crippen LogP contribution in [0.5, 0.6) is 11.6 Å². The number of fused-ring (bicyclic) bond motifs is 2. The van der Waals surface area contributed by atoms with Gasteiger partial charge in [0.05, 0.1) is 22.6 Å². The average molecular weight is 613 g/mol. The topological polar surface area (TPSA) is 33.5 Å². The monoisotopic (exact) mass is 612 g/mol. The summed E-state index contributed by atoms with van der Waals surface area (Å²) in [6, 6.07) is 50.8. The van der Waals surface area contributed by atoms with Crippen molar-refractivity contribution in [3.63, 3.8) is 0 Å². The van der Waals surface area contributed by atoms with Gasteiger partial charge in [-0.15, -0.1) is 0 Å². The number of rotatable bonds is 6. The SMILES string of the molecule is CC(C)(C)c1ccc(-c2ccccc2)c(N2CN(c3cccc(Oc4cccc(-n5ccc6ccccc65)n4)c3)c3ccccc32)c1. The van der Waals surface area contributed by atoms with E-state index < -0.39 is 0 Å². The number of hydrogen-bond donors (Lipinski definition) is 0. The summed E-state index contributed by atoms with van der Waals surface area (Å²) in [6.07, 6.45) is 2.05. The Morgan fingerprint density at radius 1 is 0.617 bits per heavy atom. The minimum Gasteiger partial charge on any atom is -0.439 e. The minimum atomic E-state index is 0.0222. The van der Waals surface area contributed by atoms with E-state index >= 15 is 0 Å². The Morgan fingerprint density at radius 2 is 1.36 bits per heavy atom. The lowest BCUT2D eigenvalue weighted by Gasteiger charge is -2.27. The molecule has 0 radical (unpaired) electrons. The quantitative estimate of drug-likeness (QED) is 0.187. The molecule has 5 aromatic carbocycles.